The molecule has 1 aromatic rings. The maximum atomic E-state index is 5.91. The van der Waals surface area contributed by atoms with Crippen molar-refractivity contribution in [3.05, 3.63) is 32.2 Å². The normalized spacial score (nSPS) is 10.2. The third kappa shape index (κ3) is 2.11. The van der Waals surface area contributed by atoms with Crippen LogP contribution in [0.1, 0.15) is 12.5 Å². The highest BCUT2D eigenvalue weighted by Crippen LogP contribution is 2.29. The average Bonchev–Trinajstić information content (AvgIpc) is 1.96. The number of hydrogen-bond acceptors (Lipinski definition) is 0. The molecule has 0 radical (unpaired) electrons. The van der Waals surface area contributed by atoms with Crippen LogP contribution < -0.4 is 0 Å². The van der Waals surface area contributed by atoms with Gasteiger partial charge in [-0.25, -0.2) is 0 Å². The Morgan fingerprint density at radius 1 is 1.36 bits per heavy atom. The molecule has 0 nitrogen and oxygen atoms in total. The molecule has 0 amide bonds. The smallest absolute Gasteiger partial charge is 0.0624 e. The third-order valence-electron chi connectivity index (χ3n) is 1.45. The molecule has 0 saturated carbocycles. The summed E-state index contributed by atoms with van der Waals surface area (Å²) < 4.78 is 0.976. The van der Waals surface area contributed by atoms with E-state index < -0.39 is 0 Å². The first-order valence-corrected chi connectivity index (χ1v) is 4.83. The Balaban J connectivity index is 3.24. The number of benzene rings is 1. The van der Waals surface area contributed by atoms with E-state index in [1.54, 1.807) is 6.07 Å². The summed E-state index contributed by atoms with van der Waals surface area (Å²) in [6, 6.07) is 3.78. The Bertz CT molecular complexity index is 271. The second kappa shape index (κ2) is 3.79. The van der Waals surface area contributed by atoms with Crippen molar-refractivity contribution in [2.24, 2.45) is 0 Å². The SMILES string of the molecule is CCc1cc(Br)cc(Cl)c1Cl. The quantitative estimate of drug-likeness (QED) is 0.654. The molecule has 0 heterocycles. The van der Waals surface area contributed by atoms with Gasteiger partial charge in [0.05, 0.1) is 10.0 Å². The van der Waals surface area contributed by atoms with Crippen molar-refractivity contribution in [3.8, 4) is 0 Å². The first-order chi connectivity index (χ1) is 5.15. The lowest BCUT2D eigenvalue weighted by Crippen LogP contribution is -1.82. The third-order valence-corrected chi connectivity index (χ3v) is 2.75. The van der Waals surface area contributed by atoms with Crippen molar-refractivity contribution < 1.29 is 0 Å². The predicted octanol–water partition coefficient (Wildman–Crippen LogP) is 4.32. The summed E-state index contributed by atoms with van der Waals surface area (Å²) in [5.41, 5.74) is 1.08. The molecule has 0 aliphatic heterocycles. The van der Waals surface area contributed by atoms with E-state index in [2.05, 4.69) is 15.9 Å². The number of rotatable bonds is 1. The lowest BCUT2D eigenvalue weighted by atomic mass is 10.2. The summed E-state index contributed by atoms with van der Waals surface area (Å²) in [5.74, 6) is 0. The van der Waals surface area contributed by atoms with Crippen LogP contribution in [0, 0.1) is 0 Å². The lowest BCUT2D eigenvalue weighted by molar-refractivity contribution is 1.14. The molecule has 1 rings (SSSR count). The Hall–Kier alpha value is 0.280. The summed E-state index contributed by atoms with van der Waals surface area (Å²) in [4.78, 5) is 0. The molecule has 60 valence electrons. The van der Waals surface area contributed by atoms with Crippen molar-refractivity contribution in [3.63, 3.8) is 0 Å². The van der Waals surface area contributed by atoms with Crippen molar-refractivity contribution in [2.45, 2.75) is 13.3 Å². The maximum absolute atomic E-state index is 5.91. The van der Waals surface area contributed by atoms with Gasteiger partial charge in [0.2, 0.25) is 0 Å². The molecule has 1 aromatic carbocycles. The zero-order chi connectivity index (χ0) is 8.43. The van der Waals surface area contributed by atoms with Crippen molar-refractivity contribution >= 4 is 39.1 Å². The van der Waals surface area contributed by atoms with Gasteiger partial charge in [-0.2, -0.15) is 0 Å². The molecule has 0 aliphatic carbocycles. The van der Waals surface area contributed by atoms with Crippen LogP contribution in [0.25, 0.3) is 0 Å². The van der Waals surface area contributed by atoms with Gasteiger partial charge in [-0.1, -0.05) is 46.1 Å². The molecule has 0 aromatic heterocycles. The van der Waals surface area contributed by atoms with Gasteiger partial charge in [-0.15, -0.1) is 0 Å². The minimum Gasteiger partial charge on any atom is -0.0827 e. The van der Waals surface area contributed by atoms with E-state index in [0.717, 1.165) is 16.5 Å². The largest absolute Gasteiger partial charge is 0.0827 e. The number of aryl methyl sites for hydroxylation is 1. The van der Waals surface area contributed by atoms with E-state index >= 15 is 0 Å². The first-order valence-electron chi connectivity index (χ1n) is 3.28. The highest BCUT2D eigenvalue weighted by atomic mass is 79.9. The van der Waals surface area contributed by atoms with Gasteiger partial charge in [0.25, 0.3) is 0 Å². The van der Waals surface area contributed by atoms with E-state index in [0.29, 0.717) is 10.0 Å². The van der Waals surface area contributed by atoms with Crippen LogP contribution in [0.5, 0.6) is 0 Å². The second-order valence-electron chi connectivity index (χ2n) is 2.21. The molecule has 3 heteroatoms. The highest BCUT2D eigenvalue weighted by Gasteiger charge is 2.03. The minimum atomic E-state index is 0.609. The molecule has 0 saturated heterocycles. The maximum Gasteiger partial charge on any atom is 0.0624 e. The van der Waals surface area contributed by atoms with E-state index in [9.17, 15) is 0 Å². The van der Waals surface area contributed by atoms with Crippen LogP contribution in [0.2, 0.25) is 10.0 Å². The molecule has 0 aliphatic rings. The van der Waals surface area contributed by atoms with Crippen molar-refractivity contribution in [1.82, 2.24) is 0 Å². The second-order valence-corrected chi connectivity index (χ2v) is 3.92. The first kappa shape index (κ1) is 9.37. The summed E-state index contributed by atoms with van der Waals surface area (Å²) in [6.07, 6.45) is 0.901. The van der Waals surface area contributed by atoms with Crippen LogP contribution in [0.3, 0.4) is 0 Å². The van der Waals surface area contributed by atoms with Crippen LogP contribution >= 0.6 is 39.1 Å². The van der Waals surface area contributed by atoms with E-state index in [1.807, 2.05) is 13.0 Å². The molecule has 0 N–H and O–H groups in total. The Labute approximate surface area is 84.6 Å². The van der Waals surface area contributed by atoms with Gasteiger partial charge >= 0.3 is 0 Å². The molecular weight excluding hydrogens is 247 g/mol. The fraction of sp³-hybridized carbons (Fsp3) is 0.250. The fourth-order valence-electron chi connectivity index (χ4n) is 0.867. The zero-order valence-electron chi connectivity index (χ0n) is 6.00. The minimum absolute atomic E-state index is 0.609. The van der Waals surface area contributed by atoms with E-state index in [-0.39, 0.29) is 0 Å². The van der Waals surface area contributed by atoms with Crippen molar-refractivity contribution in [1.29, 1.82) is 0 Å². The molecule has 0 atom stereocenters. The van der Waals surface area contributed by atoms with Crippen LogP contribution in [-0.4, -0.2) is 0 Å². The molecule has 0 bridgehead atoms. The summed E-state index contributed by atoms with van der Waals surface area (Å²) >= 11 is 15.1. The number of hydrogen-bond donors (Lipinski definition) is 0. The molecule has 0 unspecified atom stereocenters. The van der Waals surface area contributed by atoms with Gasteiger partial charge in [-0.05, 0) is 24.1 Å². The van der Waals surface area contributed by atoms with Crippen molar-refractivity contribution in [2.75, 3.05) is 0 Å². The zero-order valence-corrected chi connectivity index (χ0v) is 9.09. The molecular formula is C8H7BrCl2. The average molecular weight is 254 g/mol. The Morgan fingerprint density at radius 2 is 2.00 bits per heavy atom. The van der Waals surface area contributed by atoms with Crippen LogP contribution in [0.15, 0.2) is 16.6 Å². The van der Waals surface area contributed by atoms with Gasteiger partial charge in [0.1, 0.15) is 0 Å². The van der Waals surface area contributed by atoms with Crippen LogP contribution in [-0.2, 0) is 6.42 Å². The van der Waals surface area contributed by atoms with E-state index in [4.69, 9.17) is 23.2 Å². The molecule has 11 heavy (non-hydrogen) atoms. The highest BCUT2D eigenvalue weighted by molar-refractivity contribution is 9.10. The van der Waals surface area contributed by atoms with Crippen LogP contribution in [0.4, 0.5) is 0 Å². The Kier molecular flexibility index (Phi) is 3.23. The number of halogens is 3. The van der Waals surface area contributed by atoms with Gasteiger partial charge in [0.15, 0.2) is 0 Å². The molecule has 0 spiro atoms. The fourth-order valence-corrected chi connectivity index (χ4v) is 1.99. The summed E-state index contributed by atoms with van der Waals surface area (Å²) in [6.45, 7) is 2.05. The predicted molar refractivity (Wildman–Crippen MR) is 53.5 cm³/mol. The van der Waals surface area contributed by atoms with E-state index in [1.165, 1.54) is 0 Å². The Morgan fingerprint density at radius 3 is 2.55 bits per heavy atom. The summed E-state index contributed by atoms with van der Waals surface area (Å²) in [7, 11) is 0. The van der Waals surface area contributed by atoms with Gasteiger partial charge < -0.3 is 0 Å². The van der Waals surface area contributed by atoms with Gasteiger partial charge in [-0.3, -0.25) is 0 Å². The standard InChI is InChI=1S/C8H7BrCl2/c1-2-5-3-6(9)4-7(10)8(5)11/h3-4H,2H2,1H3. The molecule has 0 fully saturated rings. The van der Waals surface area contributed by atoms with Gasteiger partial charge in [0, 0.05) is 4.47 Å². The monoisotopic (exact) mass is 252 g/mol. The topological polar surface area (TPSA) is 0 Å². The summed E-state index contributed by atoms with van der Waals surface area (Å²) in [5, 5.41) is 1.27. The lowest BCUT2D eigenvalue weighted by Gasteiger charge is -2.03.